The number of ether oxygens (including phenoxy) is 2. The molecule has 0 atom stereocenters. The highest BCUT2D eigenvalue weighted by atomic mass is 35.5. The lowest BCUT2D eigenvalue weighted by Gasteiger charge is -2.08. The lowest BCUT2D eigenvalue weighted by atomic mass is 10.1. The number of carbonyl (C=O) groups excluding carboxylic acids is 1. The molecule has 30 heavy (non-hydrogen) atoms. The highest BCUT2D eigenvalue weighted by Gasteiger charge is 2.12. The van der Waals surface area contributed by atoms with Gasteiger partial charge in [-0.15, -0.1) is 0 Å². The molecule has 0 radical (unpaired) electrons. The summed E-state index contributed by atoms with van der Waals surface area (Å²) in [5.41, 5.74) is 1.94. The van der Waals surface area contributed by atoms with Crippen molar-refractivity contribution in [2.45, 2.75) is 0 Å². The van der Waals surface area contributed by atoms with Crippen molar-refractivity contribution in [3.05, 3.63) is 93.8 Å². The van der Waals surface area contributed by atoms with Gasteiger partial charge in [-0.3, -0.25) is 9.59 Å². The number of hydrogen-bond donors (Lipinski definition) is 0. The molecule has 1 aromatic heterocycles. The maximum Gasteiger partial charge on any atom is 0.200 e. The highest BCUT2D eigenvalue weighted by molar-refractivity contribution is 6.30. The number of fused-ring (bicyclic) bond motifs is 1. The van der Waals surface area contributed by atoms with Crippen molar-refractivity contribution in [1.82, 2.24) is 0 Å². The molecule has 0 N–H and O–H groups in total. The minimum absolute atomic E-state index is 0.138. The first-order valence-electron chi connectivity index (χ1n) is 9.17. The molecule has 1 heterocycles. The molecule has 150 valence electrons. The number of hydrogen-bond acceptors (Lipinski definition) is 5. The average molecular weight is 421 g/mol. The molecule has 0 bridgehead atoms. The molecule has 0 spiro atoms. The third kappa shape index (κ3) is 4.07. The van der Waals surface area contributed by atoms with E-state index >= 15 is 0 Å². The van der Waals surface area contributed by atoms with Crippen LogP contribution >= 0.6 is 11.6 Å². The topological polar surface area (TPSA) is 65.7 Å². The van der Waals surface area contributed by atoms with Gasteiger partial charge in [0.1, 0.15) is 23.3 Å². The standard InChI is InChI=1S/C24H17ClO5/c1-28-18-8-4-15(5-9-18)21-13-30-23-12-19(10-11-20(23)24(21)27)29-14-22(26)16-2-6-17(25)7-3-16/h2-13H,14H2,1H3. The van der Waals surface area contributed by atoms with Gasteiger partial charge in [0, 0.05) is 16.7 Å². The quantitative estimate of drug-likeness (QED) is 0.391. The SMILES string of the molecule is COc1ccc(-c2coc3cc(OCC(=O)c4ccc(Cl)cc4)ccc3c2=O)cc1. The summed E-state index contributed by atoms with van der Waals surface area (Å²) in [6.45, 7) is -0.138. The van der Waals surface area contributed by atoms with Gasteiger partial charge in [-0.2, -0.15) is 0 Å². The van der Waals surface area contributed by atoms with E-state index in [-0.39, 0.29) is 17.8 Å². The molecule has 0 unspecified atom stereocenters. The van der Waals surface area contributed by atoms with Gasteiger partial charge in [0.15, 0.2) is 17.8 Å². The Kier molecular flexibility index (Phi) is 5.55. The van der Waals surface area contributed by atoms with Gasteiger partial charge in [-0.1, -0.05) is 23.7 Å². The van der Waals surface area contributed by atoms with Crippen molar-refractivity contribution in [2.75, 3.05) is 13.7 Å². The number of benzene rings is 3. The number of Topliss-reactive ketones (excluding diaryl/α,β-unsaturated/α-hetero) is 1. The highest BCUT2D eigenvalue weighted by Crippen LogP contribution is 2.24. The van der Waals surface area contributed by atoms with Crippen LogP contribution in [0.15, 0.2) is 82.2 Å². The van der Waals surface area contributed by atoms with Crippen LogP contribution in [0.3, 0.4) is 0 Å². The second kappa shape index (κ2) is 8.43. The molecule has 6 heteroatoms. The second-order valence-electron chi connectivity index (χ2n) is 6.58. The fourth-order valence-corrected chi connectivity index (χ4v) is 3.16. The van der Waals surface area contributed by atoms with Crippen molar-refractivity contribution in [1.29, 1.82) is 0 Å². The predicted molar refractivity (Wildman–Crippen MR) is 116 cm³/mol. The van der Waals surface area contributed by atoms with Gasteiger partial charge in [-0.25, -0.2) is 0 Å². The smallest absolute Gasteiger partial charge is 0.200 e. The van der Waals surface area contributed by atoms with Gasteiger partial charge >= 0.3 is 0 Å². The third-order valence-corrected chi connectivity index (χ3v) is 4.94. The number of methoxy groups -OCH3 is 1. The van der Waals surface area contributed by atoms with Crippen LogP contribution in [0.25, 0.3) is 22.1 Å². The summed E-state index contributed by atoms with van der Waals surface area (Å²) < 4.78 is 16.4. The van der Waals surface area contributed by atoms with Crippen LogP contribution in [0.2, 0.25) is 5.02 Å². The lowest BCUT2D eigenvalue weighted by molar-refractivity contribution is 0.0921. The largest absolute Gasteiger partial charge is 0.497 e. The van der Waals surface area contributed by atoms with Crippen LogP contribution < -0.4 is 14.9 Å². The Morgan fingerprint density at radius 1 is 0.967 bits per heavy atom. The number of rotatable bonds is 6. The van der Waals surface area contributed by atoms with Crippen LogP contribution in [0.1, 0.15) is 10.4 Å². The summed E-state index contributed by atoms with van der Waals surface area (Å²) in [4.78, 5) is 25.1. The van der Waals surface area contributed by atoms with Crippen LogP contribution in [0, 0.1) is 0 Å². The minimum atomic E-state index is -0.178. The van der Waals surface area contributed by atoms with Crippen molar-refractivity contribution < 1.29 is 18.7 Å². The Morgan fingerprint density at radius 2 is 1.67 bits per heavy atom. The van der Waals surface area contributed by atoms with Gasteiger partial charge in [-0.05, 0) is 54.1 Å². The summed E-state index contributed by atoms with van der Waals surface area (Å²) in [6.07, 6.45) is 1.43. The molecular weight excluding hydrogens is 404 g/mol. The zero-order valence-electron chi connectivity index (χ0n) is 16.1. The average Bonchev–Trinajstić information content (AvgIpc) is 2.78. The van der Waals surface area contributed by atoms with Crippen LogP contribution in [-0.4, -0.2) is 19.5 Å². The molecule has 0 fully saturated rings. The predicted octanol–water partition coefficient (Wildman–Crippen LogP) is 5.38. The van der Waals surface area contributed by atoms with Crippen LogP contribution in [0.4, 0.5) is 0 Å². The normalized spacial score (nSPS) is 10.7. The van der Waals surface area contributed by atoms with E-state index in [0.29, 0.717) is 38.6 Å². The van der Waals surface area contributed by atoms with Gasteiger partial charge in [0.2, 0.25) is 0 Å². The first kappa shape index (κ1) is 19.7. The summed E-state index contributed by atoms with van der Waals surface area (Å²) in [5.74, 6) is 0.965. The molecule has 0 aliphatic carbocycles. The van der Waals surface area contributed by atoms with Gasteiger partial charge in [0.25, 0.3) is 0 Å². The Hall–Kier alpha value is -3.57. The molecular formula is C24H17ClO5. The molecule has 3 aromatic carbocycles. The molecule has 0 aliphatic heterocycles. The lowest BCUT2D eigenvalue weighted by Crippen LogP contribution is -2.11. The van der Waals surface area contributed by atoms with E-state index in [1.54, 1.807) is 73.8 Å². The Labute approximate surface area is 177 Å². The summed E-state index contributed by atoms with van der Waals surface area (Å²) in [6, 6.07) is 18.7. The molecule has 0 aliphatic rings. The molecule has 5 nitrogen and oxygen atoms in total. The number of halogens is 1. The maximum atomic E-state index is 12.9. The van der Waals surface area contributed by atoms with E-state index in [1.165, 1.54) is 6.26 Å². The van der Waals surface area contributed by atoms with E-state index in [0.717, 1.165) is 5.56 Å². The zero-order chi connectivity index (χ0) is 21.1. The van der Waals surface area contributed by atoms with Gasteiger partial charge < -0.3 is 13.9 Å². The minimum Gasteiger partial charge on any atom is -0.497 e. The monoisotopic (exact) mass is 420 g/mol. The third-order valence-electron chi connectivity index (χ3n) is 4.68. The fourth-order valence-electron chi connectivity index (χ4n) is 3.04. The molecule has 4 rings (SSSR count). The maximum absolute atomic E-state index is 12.9. The summed E-state index contributed by atoms with van der Waals surface area (Å²) >= 11 is 5.84. The molecule has 4 aromatic rings. The van der Waals surface area contributed by atoms with Crippen molar-refractivity contribution in [3.8, 4) is 22.6 Å². The van der Waals surface area contributed by atoms with Crippen molar-refractivity contribution in [2.24, 2.45) is 0 Å². The number of carbonyl (C=O) groups is 1. The van der Waals surface area contributed by atoms with E-state index in [9.17, 15) is 9.59 Å². The van der Waals surface area contributed by atoms with E-state index in [2.05, 4.69) is 0 Å². The van der Waals surface area contributed by atoms with E-state index in [1.807, 2.05) is 0 Å². The summed E-state index contributed by atoms with van der Waals surface area (Å²) in [5, 5.41) is 0.991. The first-order valence-corrected chi connectivity index (χ1v) is 9.54. The Morgan fingerprint density at radius 3 is 2.37 bits per heavy atom. The molecule has 0 saturated heterocycles. The van der Waals surface area contributed by atoms with E-state index in [4.69, 9.17) is 25.5 Å². The summed E-state index contributed by atoms with van der Waals surface area (Å²) in [7, 11) is 1.59. The van der Waals surface area contributed by atoms with E-state index < -0.39 is 0 Å². The van der Waals surface area contributed by atoms with Crippen molar-refractivity contribution >= 4 is 28.4 Å². The Bertz CT molecular complexity index is 1260. The zero-order valence-corrected chi connectivity index (χ0v) is 16.8. The molecule has 0 amide bonds. The van der Waals surface area contributed by atoms with Crippen LogP contribution in [-0.2, 0) is 0 Å². The fraction of sp³-hybridized carbons (Fsp3) is 0.0833. The van der Waals surface area contributed by atoms with Crippen LogP contribution in [0.5, 0.6) is 11.5 Å². The van der Waals surface area contributed by atoms with Gasteiger partial charge in [0.05, 0.1) is 18.1 Å². The Balaban J connectivity index is 1.55. The number of ketones is 1. The van der Waals surface area contributed by atoms with Crippen molar-refractivity contribution in [3.63, 3.8) is 0 Å². The second-order valence-corrected chi connectivity index (χ2v) is 7.02. The molecule has 0 saturated carbocycles. The first-order chi connectivity index (χ1) is 14.5.